The topological polar surface area (TPSA) is 220 Å². The average molecular weight is 622 g/mol. The quantitative estimate of drug-likeness (QED) is 0.0536. The third kappa shape index (κ3) is 9.87. The van der Waals surface area contributed by atoms with Crippen LogP contribution >= 0.6 is 11.3 Å². The summed E-state index contributed by atoms with van der Waals surface area (Å²) in [5.41, 5.74) is 12.8. The maximum absolute atomic E-state index is 13.7. The van der Waals surface area contributed by atoms with E-state index in [1.54, 1.807) is 24.3 Å². The Labute approximate surface area is 259 Å². The Bertz CT molecular complexity index is 1470. The molecule has 0 spiro atoms. The van der Waals surface area contributed by atoms with Crippen LogP contribution < -0.4 is 27.4 Å². The van der Waals surface area contributed by atoms with Gasteiger partial charge in [0.15, 0.2) is 11.0 Å². The molecule has 0 saturated carbocycles. The first-order valence-corrected chi connectivity index (χ1v) is 15.1. The molecule has 234 valence electrons. The molecule has 14 heteroatoms. The molecule has 2 atom stereocenters. The van der Waals surface area contributed by atoms with Gasteiger partial charge >= 0.3 is 0 Å². The average Bonchev–Trinajstić information content (AvgIpc) is 3.42. The predicted molar refractivity (Wildman–Crippen MR) is 171 cm³/mol. The highest BCUT2D eigenvalue weighted by Crippen LogP contribution is 2.23. The van der Waals surface area contributed by atoms with Gasteiger partial charge in [0.05, 0.1) is 22.8 Å². The number of nitrogen functional groups attached to an aromatic ring is 1. The lowest BCUT2D eigenvalue weighted by molar-refractivity contribution is -0.139. The second kappa shape index (κ2) is 16.1. The lowest BCUT2D eigenvalue weighted by Gasteiger charge is -2.28. The van der Waals surface area contributed by atoms with Gasteiger partial charge in [0.1, 0.15) is 11.9 Å². The summed E-state index contributed by atoms with van der Waals surface area (Å²) in [7, 11) is 0. The summed E-state index contributed by atoms with van der Waals surface area (Å²) in [6.45, 7) is 3.47. The Balaban J connectivity index is 1.80. The van der Waals surface area contributed by atoms with Gasteiger partial charge in [-0.05, 0) is 37.0 Å². The Morgan fingerprint density at radius 1 is 1.00 bits per heavy atom. The van der Waals surface area contributed by atoms with Crippen LogP contribution in [-0.4, -0.2) is 76.9 Å². The van der Waals surface area contributed by atoms with Crippen LogP contribution in [0.3, 0.4) is 0 Å². The number of para-hydroxylation sites is 1. The molecule has 1 unspecified atom stereocenters. The van der Waals surface area contributed by atoms with Gasteiger partial charge in [-0.1, -0.05) is 43.3 Å². The number of aromatic nitrogens is 1. The number of nitrogens with zero attached hydrogens (tertiary/aromatic N) is 2. The number of carbonyl (C=O) groups is 4. The van der Waals surface area contributed by atoms with Gasteiger partial charge in [0, 0.05) is 32.0 Å². The van der Waals surface area contributed by atoms with Crippen molar-refractivity contribution >= 4 is 56.9 Å². The summed E-state index contributed by atoms with van der Waals surface area (Å²) >= 11 is 1.24. The third-order valence-corrected chi connectivity index (χ3v) is 7.71. The Kier molecular flexibility index (Phi) is 12.3. The monoisotopic (exact) mass is 621 g/mol. The van der Waals surface area contributed by atoms with Crippen molar-refractivity contribution in [2.24, 2.45) is 11.5 Å². The molecular formula is C30H39N9O4S. The van der Waals surface area contributed by atoms with Crippen molar-refractivity contribution in [3.05, 3.63) is 64.7 Å². The summed E-state index contributed by atoms with van der Waals surface area (Å²) in [5.74, 6) is -1.99. The number of Topliss-reactive ketones (excluding diaryl/α,β-unsaturated/α-hetero) is 1. The minimum Gasteiger partial charge on any atom is -0.384 e. The Morgan fingerprint density at radius 3 is 2.32 bits per heavy atom. The second-order valence-corrected chi connectivity index (χ2v) is 11.3. The van der Waals surface area contributed by atoms with Gasteiger partial charge in [0.2, 0.25) is 23.5 Å². The molecule has 0 aliphatic heterocycles. The lowest BCUT2D eigenvalue weighted by atomic mass is 10.0. The number of fused-ring (bicyclic) bond motifs is 1. The molecule has 0 fully saturated rings. The summed E-state index contributed by atoms with van der Waals surface area (Å²) in [6.07, 6.45) is 1.44. The van der Waals surface area contributed by atoms with Gasteiger partial charge < -0.3 is 32.3 Å². The van der Waals surface area contributed by atoms with Crippen LogP contribution in [0.15, 0.2) is 48.5 Å². The van der Waals surface area contributed by atoms with Gasteiger partial charge in [-0.2, -0.15) is 0 Å². The molecule has 0 saturated heterocycles. The molecule has 3 aromatic rings. The molecule has 0 radical (unpaired) electrons. The molecule has 1 aromatic heterocycles. The van der Waals surface area contributed by atoms with Crippen LogP contribution in [0.1, 0.15) is 54.0 Å². The van der Waals surface area contributed by atoms with Crippen LogP contribution in [0.5, 0.6) is 0 Å². The van der Waals surface area contributed by atoms with E-state index in [4.69, 9.17) is 22.3 Å². The highest BCUT2D eigenvalue weighted by Gasteiger charge is 2.29. The summed E-state index contributed by atoms with van der Waals surface area (Å²) in [6, 6.07) is 12.4. The molecule has 13 nitrogen and oxygen atoms in total. The molecule has 0 aliphatic carbocycles. The van der Waals surface area contributed by atoms with Crippen LogP contribution in [-0.2, 0) is 20.8 Å². The largest absolute Gasteiger partial charge is 0.384 e. The number of amides is 3. The predicted octanol–water partition coefficient (Wildman–Crippen LogP) is 1.50. The number of hydrogen-bond donors (Lipinski definition) is 7. The number of thiazole rings is 1. The molecule has 0 aliphatic rings. The van der Waals surface area contributed by atoms with E-state index in [2.05, 4.69) is 20.9 Å². The third-order valence-electron chi connectivity index (χ3n) is 6.66. The maximum Gasteiger partial charge on any atom is 0.245 e. The number of nitrogens with one attached hydrogen (secondary N) is 5. The highest BCUT2D eigenvalue weighted by molar-refractivity contribution is 7.20. The molecule has 3 amide bonds. The number of rotatable bonds is 16. The van der Waals surface area contributed by atoms with Crippen molar-refractivity contribution in [2.45, 2.75) is 51.6 Å². The standard InChI is InChI=1S/C30H39N9O4S/c1-3-15-39(29(43)22(36-18(2)40)8-6-14-35-30(33)34)17-25(41)37-23(16-19-10-12-20(13-11-19)27(31)32)26(42)28-38-21-7-4-5-9-24(21)44-28/h4-5,7,9-13,22-23H,3,6,8,14-17H2,1-2H3,(H3,31,32)(H,36,40)(H,37,41)(H4,33,34,35)/t22?,23-/m0/s1. The molecule has 1 heterocycles. The van der Waals surface area contributed by atoms with E-state index < -0.39 is 23.9 Å². The molecular weight excluding hydrogens is 582 g/mol. The maximum atomic E-state index is 13.7. The van der Waals surface area contributed by atoms with Crippen molar-refractivity contribution in [1.29, 1.82) is 10.8 Å². The van der Waals surface area contributed by atoms with Crippen molar-refractivity contribution in [2.75, 3.05) is 19.6 Å². The summed E-state index contributed by atoms with van der Waals surface area (Å²) in [5, 5.41) is 23.3. The van der Waals surface area contributed by atoms with E-state index in [1.807, 2.05) is 31.2 Å². The van der Waals surface area contributed by atoms with Gasteiger partial charge in [0.25, 0.3) is 0 Å². The first-order valence-electron chi connectivity index (χ1n) is 14.2. The minimum absolute atomic E-state index is 0.0830. The van der Waals surface area contributed by atoms with Crippen molar-refractivity contribution in [1.82, 2.24) is 25.8 Å². The van der Waals surface area contributed by atoms with Crippen molar-refractivity contribution < 1.29 is 19.2 Å². The van der Waals surface area contributed by atoms with E-state index in [0.717, 1.165) is 10.3 Å². The number of hydrogen-bond acceptors (Lipinski definition) is 8. The van der Waals surface area contributed by atoms with Crippen LogP contribution in [0.25, 0.3) is 10.2 Å². The number of ketones is 1. The van der Waals surface area contributed by atoms with Crippen molar-refractivity contribution in [3.8, 4) is 0 Å². The van der Waals surface area contributed by atoms with Crippen LogP contribution in [0.2, 0.25) is 0 Å². The van der Waals surface area contributed by atoms with E-state index in [-0.39, 0.29) is 54.4 Å². The van der Waals surface area contributed by atoms with Gasteiger partial charge in [-0.3, -0.25) is 30.0 Å². The lowest BCUT2D eigenvalue weighted by Crippen LogP contribution is -2.53. The van der Waals surface area contributed by atoms with Gasteiger partial charge in [-0.25, -0.2) is 4.98 Å². The molecule has 3 rings (SSSR count). The Morgan fingerprint density at radius 2 is 1.70 bits per heavy atom. The first-order chi connectivity index (χ1) is 21.0. The number of benzene rings is 2. The first kappa shape index (κ1) is 33.6. The Hall–Kier alpha value is -4.85. The fraction of sp³-hybridized carbons (Fsp3) is 0.367. The molecule has 0 bridgehead atoms. The van der Waals surface area contributed by atoms with E-state index in [9.17, 15) is 19.2 Å². The zero-order valence-corrected chi connectivity index (χ0v) is 25.6. The number of guanidine groups is 1. The van der Waals surface area contributed by atoms with Crippen LogP contribution in [0, 0.1) is 10.8 Å². The van der Waals surface area contributed by atoms with E-state index >= 15 is 0 Å². The fourth-order valence-corrected chi connectivity index (χ4v) is 5.55. The second-order valence-electron chi connectivity index (χ2n) is 10.3. The number of carbonyl (C=O) groups excluding carboxylic acids is 4. The van der Waals surface area contributed by atoms with Crippen LogP contribution in [0.4, 0.5) is 0 Å². The summed E-state index contributed by atoms with van der Waals surface area (Å²) in [4.78, 5) is 58.3. The minimum atomic E-state index is -0.978. The van der Waals surface area contributed by atoms with E-state index in [1.165, 1.54) is 23.2 Å². The number of amidine groups is 1. The van der Waals surface area contributed by atoms with Crippen molar-refractivity contribution in [3.63, 3.8) is 0 Å². The zero-order chi connectivity index (χ0) is 32.2. The molecule has 44 heavy (non-hydrogen) atoms. The summed E-state index contributed by atoms with van der Waals surface area (Å²) < 4.78 is 0.842. The highest BCUT2D eigenvalue weighted by atomic mass is 32.1. The normalized spacial score (nSPS) is 12.1. The molecule has 2 aromatic carbocycles. The molecule has 9 N–H and O–H groups in total. The SMILES string of the molecule is CCCN(CC(=O)N[C@@H](Cc1ccc(C(=N)N)cc1)C(=O)c1nc2ccccc2s1)C(=O)C(CCCNC(=N)N)NC(C)=O. The fourth-order valence-electron chi connectivity index (χ4n) is 4.59. The van der Waals surface area contributed by atoms with E-state index in [0.29, 0.717) is 30.5 Å². The number of nitrogens with two attached hydrogens (primary N) is 2. The van der Waals surface area contributed by atoms with Gasteiger partial charge in [-0.15, -0.1) is 11.3 Å². The smallest absolute Gasteiger partial charge is 0.245 e. The zero-order valence-electron chi connectivity index (χ0n) is 24.8.